The van der Waals surface area contributed by atoms with E-state index in [2.05, 4.69) is 146 Å². The third kappa shape index (κ3) is 3.35. The smallest absolute Gasteiger partial charge is 0.236 e. The van der Waals surface area contributed by atoms with E-state index in [-0.39, 0.29) is 5.41 Å². The molecule has 0 amide bonds. The Labute approximate surface area is 264 Å². The predicted molar refractivity (Wildman–Crippen MR) is 190 cm³/mol. The molecule has 0 radical (unpaired) electrons. The van der Waals surface area contributed by atoms with Crippen LogP contribution in [0, 0.1) is 0 Å². The maximum atomic E-state index is 5.41. The molecule has 9 aromatic rings. The van der Waals surface area contributed by atoms with Crippen molar-refractivity contribution < 1.29 is 0 Å². The summed E-state index contributed by atoms with van der Waals surface area (Å²) in [5.41, 5.74) is 9.58. The molecule has 3 nitrogen and oxygen atoms in total. The molecule has 0 saturated carbocycles. The van der Waals surface area contributed by atoms with Gasteiger partial charge in [-0.15, -0.1) is 11.3 Å². The summed E-state index contributed by atoms with van der Waals surface area (Å²) in [5.74, 6) is 0.706. The summed E-state index contributed by atoms with van der Waals surface area (Å²) in [5, 5.41) is 7.38. The molecule has 0 N–H and O–H groups in total. The van der Waals surface area contributed by atoms with Crippen molar-refractivity contribution in [1.82, 2.24) is 14.5 Å². The Balaban J connectivity index is 1.31. The maximum absolute atomic E-state index is 5.41. The van der Waals surface area contributed by atoms with Crippen LogP contribution in [0.4, 0.5) is 0 Å². The zero-order valence-electron chi connectivity index (χ0n) is 24.9. The third-order valence-corrected chi connectivity index (χ3v) is 10.9. The largest absolute Gasteiger partial charge is 0.278 e. The van der Waals surface area contributed by atoms with E-state index >= 15 is 0 Å². The normalized spacial score (nSPS) is 13.7. The number of benzene rings is 6. The second-order valence-corrected chi connectivity index (χ2v) is 13.6. The molecule has 1 aliphatic rings. The number of para-hydroxylation sites is 1. The Bertz CT molecular complexity index is 2680. The molecular weight excluding hydrogens is 567 g/mol. The van der Waals surface area contributed by atoms with Gasteiger partial charge in [0, 0.05) is 37.2 Å². The van der Waals surface area contributed by atoms with Crippen LogP contribution in [0.5, 0.6) is 0 Å². The highest BCUT2D eigenvalue weighted by molar-refractivity contribution is 7.25. The Morgan fingerprint density at radius 1 is 0.600 bits per heavy atom. The zero-order chi connectivity index (χ0) is 29.9. The highest BCUT2D eigenvalue weighted by Crippen LogP contribution is 2.53. The van der Waals surface area contributed by atoms with Gasteiger partial charge >= 0.3 is 0 Å². The summed E-state index contributed by atoms with van der Waals surface area (Å²) in [7, 11) is 0. The van der Waals surface area contributed by atoms with Crippen molar-refractivity contribution in [3.05, 3.63) is 139 Å². The van der Waals surface area contributed by atoms with Gasteiger partial charge in [-0.05, 0) is 57.3 Å². The van der Waals surface area contributed by atoms with E-state index in [0.29, 0.717) is 5.95 Å². The molecule has 45 heavy (non-hydrogen) atoms. The molecule has 0 unspecified atom stereocenters. The van der Waals surface area contributed by atoms with Crippen LogP contribution >= 0.6 is 11.3 Å². The lowest BCUT2D eigenvalue weighted by Crippen LogP contribution is -2.15. The Kier molecular flexibility index (Phi) is 4.94. The van der Waals surface area contributed by atoms with Crippen molar-refractivity contribution in [2.24, 2.45) is 0 Å². The Morgan fingerprint density at radius 2 is 1.33 bits per heavy atom. The number of thiophene rings is 1. The summed E-state index contributed by atoms with van der Waals surface area (Å²) in [6, 6.07) is 46.0. The van der Waals surface area contributed by atoms with Crippen molar-refractivity contribution >= 4 is 64.2 Å². The first-order valence-corrected chi connectivity index (χ1v) is 16.2. The van der Waals surface area contributed by atoms with Gasteiger partial charge in [0.2, 0.25) is 5.95 Å². The van der Waals surface area contributed by atoms with E-state index in [0.717, 1.165) is 32.5 Å². The molecule has 0 bridgehead atoms. The number of fused-ring (bicyclic) bond motifs is 11. The van der Waals surface area contributed by atoms with Crippen LogP contribution in [0.3, 0.4) is 0 Å². The minimum Gasteiger partial charge on any atom is -0.278 e. The summed E-state index contributed by atoms with van der Waals surface area (Å²) in [6.07, 6.45) is 0. The fourth-order valence-corrected chi connectivity index (χ4v) is 8.86. The lowest BCUT2D eigenvalue weighted by molar-refractivity contribution is 0.667. The van der Waals surface area contributed by atoms with E-state index in [9.17, 15) is 0 Å². The van der Waals surface area contributed by atoms with Crippen LogP contribution in [-0.4, -0.2) is 14.5 Å². The predicted octanol–water partition coefficient (Wildman–Crippen LogP) is 11.1. The fraction of sp³-hybridized carbons (Fsp3) is 0.0732. The summed E-state index contributed by atoms with van der Waals surface area (Å²) >= 11 is 1.74. The molecule has 0 fully saturated rings. The first kappa shape index (κ1) is 25.1. The van der Waals surface area contributed by atoms with Crippen molar-refractivity contribution in [1.29, 1.82) is 0 Å². The van der Waals surface area contributed by atoms with Crippen LogP contribution in [0.1, 0.15) is 25.0 Å². The highest BCUT2D eigenvalue weighted by Gasteiger charge is 2.38. The molecule has 1 aliphatic carbocycles. The van der Waals surface area contributed by atoms with Crippen LogP contribution < -0.4 is 0 Å². The SMILES string of the molecule is CC1(C)c2cc3c(cc2-c2ccc4ccccc4c21)c1ccccc1n3-c1nc(-c2ccccc2)c2c(n1)sc1ccccc12. The van der Waals surface area contributed by atoms with Gasteiger partial charge in [-0.25, -0.2) is 9.97 Å². The van der Waals surface area contributed by atoms with Crippen molar-refractivity contribution in [2.45, 2.75) is 19.3 Å². The number of nitrogens with zero attached hydrogens (tertiary/aromatic N) is 3. The quantitative estimate of drug-likeness (QED) is 0.200. The second kappa shape index (κ2) is 8.87. The number of rotatable bonds is 2. The average Bonchev–Trinajstić information content (AvgIpc) is 3.69. The van der Waals surface area contributed by atoms with Gasteiger partial charge in [-0.1, -0.05) is 117 Å². The van der Waals surface area contributed by atoms with Crippen molar-refractivity contribution in [3.8, 4) is 28.3 Å². The van der Waals surface area contributed by atoms with Crippen LogP contribution in [0.25, 0.3) is 81.2 Å². The van der Waals surface area contributed by atoms with E-state index in [1.807, 2.05) is 0 Å². The summed E-state index contributed by atoms with van der Waals surface area (Å²) < 4.78 is 3.51. The lowest BCUT2D eigenvalue weighted by Gasteiger charge is -2.23. The van der Waals surface area contributed by atoms with Gasteiger partial charge in [0.05, 0.1) is 16.7 Å². The zero-order valence-corrected chi connectivity index (χ0v) is 25.7. The average molecular weight is 594 g/mol. The van der Waals surface area contributed by atoms with Crippen LogP contribution in [0.15, 0.2) is 127 Å². The molecule has 10 rings (SSSR count). The molecule has 0 spiro atoms. The van der Waals surface area contributed by atoms with Gasteiger partial charge in [-0.2, -0.15) is 0 Å². The van der Waals surface area contributed by atoms with Crippen LogP contribution in [0.2, 0.25) is 0 Å². The molecule has 0 aliphatic heterocycles. The summed E-state index contributed by atoms with van der Waals surface area (Å²) in [4.78, 5) is 11.7. The monoisotopic (exact) mass is 593 g/mol. The number of aromatic nitrogens is 3. The third-order valence-electron chi connectivity index (χ3n) is 9.80. The van der Waals surface area contributed by atoms with E-state index in [1.54, 1.807) is 11.3 Å². The molecule has 0 atom stereocenters. The van der Waals surface area contributed by atoms with Gasteiger partial charge in [0.1, 0.15) is 4.83 Å². The van der Waals surface area contributed by atoms with Gasteiger partial charge in [-0.3, -0.25) is 4.57 Å². The Morgan fingerprint density at radius 3 is 2.20 bits per heavy atom. The Hall–Kier alpha value is -5.32. The van der Waals surface area contributed by atoms with E-state index in [4.69, 9.17) is 9.97 Å². The molecule has 212 valence electrons. The molecule has 3 heterocycles. The van der Waals surface area contributed by atoms with Gasteiger partial charge in [0.25, 0.3) is 0 Å². The molecule has 6 aromatic carbocycles. The second-order valence-electron chi connectivity index (χ2n) is 12.6. The fourth-order valence-electron chi connectivity index (χ4n) is 7.79. The van der Waals surface area contributed by atoms with E-state index in [1.165, 1.54) is 53.9 Å². The van der Waals surface area contributed by atoms with Gasteiger partial charge in [0.15, 0.2) is 0 Å². The topological polar surface area (TPSA) is 30.7 Å². The standard InChI is InChI=1S/C41H27N3S/c1-41(2)32-23-34-31(22-30(32)28-21-20-24-12-6-7-15-26(24)37(28)41)27-16-8-10-18-33(27)44(34)40-42-38(25-13-4-3-5-14-25)36-29-17-9-11-19-35(29)45-39(36)43-40/h3-23H,1-2H3. The minimum absolute atomic E-state index is 0.160. The summed E-state index contributed by atoms with van der Waals surface area (Å²) in [6.45, 7) is 4.74. The first-order chi connectivity index (χ1) is 22.1. The molecule has 4 heteroatoms. The molecule has 3 aromatic heterocycles. The van der Waals surface area contributed by atoms with Crippen molar-refractivity contribution in [2.75, 3.05) is 0 Å². The highest BCUT2D eigenvalue weighted by atomic mass is 32.1. The molecular formula is C41H27N3S. The molecule has 0 saturated heterocycles. The minimum atomic E-state index is -0.160. The number of hydrogen-bond acceptors (Lipinski definition) is 3. The first-order valence-electron chi connectivity index (χ1n) is 15.4. The van der Waals surface area contributed by atoms with Gasteiger partial charge < -0.3 is 0 Å². The van der Waals surface area contributed by atoms with E-state index < -0.39 is 0 Å². The van der Waals surface area contributed by atoms with Crippen LogP contribution in [-0.2, 0) is 5.41 Å². The maximum Gasteiger partial charge on any atom is 0.236 e. The lowest BCUT2D eigenvalue weighted by atomic mass is 9.80. The van der Waals surface area contributed by atoms with Crippen molar-refractivity contribution in [3.63, 3.8) is 0 Å². The number of hydrogen-bond donors (Lipinski definition) is 0.